The SMILES string of the molecule is CCC(C)N(Cc1ccc(C(C)C)cc1)Cc1nc(C(=O)NCc2cccnc2)co1. The summed E-state index contributed by atoms with van der Waals surface area (Å²) >= 11 is 0. The summed E-state index contributed by atoms with van der Waals surface area (Å²) in [6, 6.07) is 12.9. The van der Waals surface area contributed by atoms with Gasteiger partial charge in [0.25, 0.3) is 5.91 Å². The third-order valence-electron chi connectivity index (χ3n) is 5.54. The first-order valence-electron chi connectivity index (χ1n) is 10.9. The molecule has 164 valence electrons. The number of benzene rings is 1. The van der Waals surface area contributed by atoms with Crippen LogP contribution in [0, 0.1) is 0 Å². The van der Waals surface area contributed by atoms with Crippen LogP contribution in [-0.4, -0.2) is 26.8 Å². The van der Waals surface area contributed by atoms with E-state index in [0.717, 1.165) is 18.5 Å². The smallest absolute Gasteiger partial charge is 0.273 e. The van der Waals surface area contributed by atoms with E-state index in [1.54, 1.807) is 12.4 Å². The van der Waals surface area contributed by atoms with E-state index in [4.69, 9.17) is 4.42 Å². The van der Waals surface area contributed by atoms with E-state index < -0.39 is 0 Å². The van der Waals surface area contributed by atoms with Crippen molar-refractivity contribution in [2.45, 2.75) is 65.7 Å². The summed E-state index contributed by atoms with van der Waals surface area (Å²) in [5, 5.41) is 2.85. The highest BCUT2D eigenvalue weighted by molar-refractivity contribution is 5.91. The van der Waals surface area contributed by atoms with E-state index in [0.29, 0.717) is 36.6 Å². The van der Waals surface area contributed by atoms with E-state index in [2.05, 4.69) is 72.1 Å². The summed E-state index contributed by atoms with van der Waals surface area (Å²) in [5.74, 6) is 0.818. The zero-order valence-electron chi connectivity index (χ0n) is 18.8. The fraction of sp³-hybridized carbons (Fsp3) is 0.400. The van der Waals surface area contributed by atoms with Gasteiger partial charge in [0.05, 0.1) is 6.54 Å². The first-order chi connectivity index (χ1) is 15.0. The van der Waals surface area contributed by atoms with Crippen molar-refractivity contribution in [3.05, 3.63) is 83.3 Å². The zero-order valence-corrected chi connectivity index (χ0v) is 18.8. The van der Waals surface area contributed by atoms with Gasteiger partial charge in [0.15, 0.2) is 5.69 Å². The standard InChI is InChI=1S/C25H32N4O2/c1-5-19(4)29(15-20-8-10-22(11-9-20)18(2)3)16-24-28-23(17-31-24)25(30)27-14-21-7-6-12-26-13-21/h6-13,17-19H,5,14-16H2,1-4H3,(H,27,30). The van der Waals surface area contributed by atoms with Gasteiger partial charge in [0.1, 0.15) is 6.26 Å². The predicted octanol–water partition coefficient (Wildman–Crippen LogP) is 4.92. The lowest BCUT2D eigenvalue weighted by atomic mass is 10.0. The third kappa shape index (κ3) is 6.49. The lowest BCUT2D eigenvalue weighted by Crippen LogP contribution is -2.32. The average Bonchev–Trinajstić information content (AvgIpc) is 3.26. The maximum atomic E-state index is 12.4. The number of carbonyl (C=O) groups is 1. The number of pyridine rings is 1. The normalized spacial score (nSPS) is 12.3. The number of carbonyl (C=O) groups excluding carboxylic acids is 1. The molecule has 0 saturated carbocycles. The van der Waals surface area contributed by atoms with Crippen LogP contribution in [0.15, 0.2) is 59.5 Å². The molecule has 0 aliphatic carbocycles. The molecule has 1 amide bonds. The molecular weight excluding hydrogens is 388 g/mol. The Hall–Kier alpha value is -2.99. The molecule has 0 spiro atoms. The van der Waals surface area contributed by atoms with Gasteiger partial charge in [-0.1, -0.05) is 51.1 Å². The molecule has 1 atom stereocenters. The second-order valence-corrected chi connectivity index (χ2v) is 8.23. The molecule has 2 aromatic heterocycles. The van der Waals surface area contributed by atoms with Crippen LogP contribution in [0.25, 0.3) is 0 Å². The summed E-state index contributed by atoms with van der Waals surface area (Å²) in [6.45, 7) is 10.5. The van der Waals surface area contributed by atoms with Crippen molar-refractivity contribution in [1.82, 2.24) is 20.2 Å². The zero-order chi connectivity index (χ0) is 22.2. The number of nitrogens with one attached hydrogen (secondary N) is 1. The highest BCUT2D eigenvalue weighted by Crippen LogP contribution is 2.18. The van der Waals surface area contributed by atoms with Crippen LogP contribution in [0.3, 0.4) is 0 Å². The van der Waals surface area contributed by atoms with E-state index in [1.165, 1.54) is 17.4 Å². The number of oxazole rings is 1. The molecule has 2 heterocycles. The number of amides is 1. The maximum absolute atomic E-state index is 12.4. The third-order valence-corrected chi connectivity index (χ3v) is 5.54. The van der Waals surface area contributed by atoms with Gasteiger partial charge < -0.3 is 9.73 Å². The Kier molecular flexibility index (Phi) is 7.95. The molecule has 0 aliphatic heterocycles. The fourth-order valence-corrected chi connectivity index (χ4v) is 3.31. The molecule has 6 nitrogen and oxygen atoms in total. The molecule has 31 heavy (non-hydrogen) atoms. The first-order valence-corrected chi connectivity index (χ1v) is 10.9. The molecule has 0 fully saturated rings. The van der Waals surface area contributed by atoms with Gasteiger partial charge in [-0.25, -0.2) is 4.98 Å². The van der Waals surface area contributed by atoms with Crippen molar-refractivity contribution >= 4 is 5.91 Å². The Balaban J connectivity index is 1.62. The number of aromatic nitrogens is 2. The van der Waals surface area contributed by atoms with Crippen LogP contribution in [0.1, 0.15) is 73.1 Å². The topological polar surface area (TPSA) is 71.3 Å². The Labute approximate surface area is 184 Å². The largest absolute Gasteiger partial charge is 0.447 e. The van der Waals surface area contributed by atoms with Gasteiger partial charge in [-0.15, -0.1) is 0 Å². The van der Waals surface area contributed by atoms with Crippen molar-refractivity contribution in [2.24, 2.45) is 0 Å². The van der Waals surface area contributed by atoms with Gasteiger partial charge in [0, 0.05) is 31.5 Å². The molecule has 0 saturated heterocycles. The second-order valence-electron chi connectivity index (χ2n) is 8.23. The van der Waals surface area contributed by atoms with Crippen molar-refractivity contribution in [1.29, 1.82) is 0 Å². The molecule has 1 N–H and O–H groups in total. The summed E-state index contributed by atoms with van der Waals surface area (Å²) in [6.07, 6.45) is 5.88. The van der Waals surface area contributed by atoms with Gasteiger partial charge in [-0.3, -0.25) is 14.7 Å². The summed E-state index contributed by atoms with van der Waals surface area (Å²) in [5.41, 5.74) is 3.83. The summed E-state index contributed by atoms with van der Waals surface area (Å²) < 4.78 is 5.63. The van der Waals surface area contributed by atoms with Crippen molar-refractivity contribution < 1.29 is 9.21 Å². The fourth-order valence-electron chi connectivity index (χ4n) is 3.31. The molecular formula is C25H32N4O2. The van der Waals surface area contributed by atoms with Crippen molar-refractivity contribution in [2.75, 3.05) is 0 Å². The lowest BCUT2D eigenvalue weighted by Gasteiger charge is -2.27. The molecule has 1 aromatic carbocycles. The van der Waals surface area contributed by atoms with E-state index in [-0.39, 0.29) is 5.91 Å². The Bertz CT molecular complexity index is 951. The van der Waals surface area contributed by atoms with Crippen molar-refractivity contribution in [3.8, 4) is 0 Å². The minimum Gasteiger partial charge on any atom is -0.447 e. The highest BCUT2D eigenvalue weighted by Gasteiger charge is 2.18. The average molecular weight is 421 g/mol. The van der Waals surface area contributed by atoms with Gasteiger partial charge >= 0.3 is 0 Å². The molecule has 3 aromatic rings. The van der Waals surface area contributed by atoms with Crippen LogP contribution < -0.4 is 5.32 Å². The molecule has 0 aliphatic rings. The number of hydrogen-bond donors (Lipinski definition) is 1. The van der Waals surface area contributed by atoms with Crippen LogP contribution in [0.5, 0.6) is 0 Å². The quantitative estimate of drug-likeness (QED) is 0.504. The van der Waals surface area contributed by atoms with Crippen LogP contribution in [-0.2, 0) is 19.6 Å². The van der Waals surface area contributed by atoms with Crippen LogP contribution in [0.2, 0.25) is 0 Å². The minimum absolute atomic E-state index is 0.252. The summed E-state index contributed by atoms with van der Waals surface area (Å²) in [4.78, 5) is 23.2. The summed E-state index contributed by atoms with van der Waals surface area (Å²) in [7, 11) is 0. The second kappa shape index (κ2) is 10.9. The Morgan fingerprint density at radius 2 is 1.87 bits per heavy atom. The van der Waals surface area contributed by atoms with Gasteiger partial charge in [-0.2, -0.15) is 0 Å². The van der Waals surface area contributed by atoms with E-state index in [9.17, 15) is 4.79 Å². The molecule has 0 radical (unpaired) electrons. The molecule has 6 heteroatoms. The Morgan fingerprint density at radius 1 is 1.10 bits per heavy atom. The van der Waals surface area contributed by atoms with Gasteiger partial charge in [0.2, 0.25) is 5.89 Å². The molecule has 3 rings (SSSR count). The molecule has 0 bridgehead atoms. The van der Waals surface area contributed by atoms with Crippen LogP contribution >= 0.6 is 0 Å². The highest BCUT2D eigenvalue weighted by atomic mass is 16.3. The lowest BCUT2D eigenvalue weighted by molar-refractivity contribution is 0.0945. The molecule has 1 unspecified atom stereocenters. The number of nitrogens with zero attached hydrogens (tertiary/aromatic N) is 3. The van der Waals surface area contributed by atoms with Gasteiger partial charge in [-0.05, 0) is 42.0 Å². The predicted molar refractivity (Wildman–Crippen MR) is 121 cm³/mol. The first kappa shape index (κ1) is 22.7. The van der Waals surface area contributed by atoms with E-state index >= 15 is 0 Å². The van der Waals surface area contributed by atoms with Crippen molar-refractivity contribution in [3.63, 3.8) is 0 Å². The maximum Gasteiger partial charge on any atom is 0.273 e. The van der Waals surface area contributed by atoms with E-state index in [1.807, 2.05) is 12.1 Å². The Morgan fingerprint density at radius 3 is 2.52 bits per heavy atom. The number of hydrogen-bond acceptors (Lipinski definition) is 5. The minimum atomic E-state index is -0.252. The number of rotatable bonds is 10. The van der Waals surface area contributed by atoms with Crippen LogP contribution in [0.4, 0.5) is 0 Å². The monoisotopic (exact) mass is 420 g/mol.